The van der Waals surface area contributed by atoms with Crippen LogP contribution < -0.4 is 20.1 Å². The Morgan fingerprint density at radius 3 is 2.77 bits per heavy atom. The van der Waals surface area contributed by atoms with Crippen molar-refractivity contribution in [2.45, 2.75) is 33.2 Å². The molecule has 2 N–H and O–H groups in total. The zero-order valence-corrected chi connectivity index (χ0v) is 17.7. The molecule has 162 valence electrons. The molecule has 8 nitrogen and oxygen atoms in total. The number of anilines is 1. The Balaban J connectivity index is 1.45. The molecule has 0 radical (unpaired) electrons. The quantitative estimate of drug-likeness (QED) is 0.544. The van der Waals surface area contributed by atoms with Crippen LogP contribution in [0, 0.1) is 5.92 Å². The monoisotopic (exact) mass is 422 g/mol. The van der Waals surface area contributed by atoms with E-state index in [2.05, 4.69) is 10.6 Å². The van der Waals surface area contributed by atoms with Crippen LogP contribution in [0.4, 0.5) is 5.69 Å². The van der Waals surface area contributed by atoms with E-state index in [4.69, 9.17) is 14.5 Å². The molecule has 0 spiro atoms. The lowest BCUT2D eigenvalue weighted by molar-refractivity contribution is -0.124. The summed E-state index contributed by atoms with van der Waals surface area (Å²) in [5, 5.41) is 5.84. The van der Waals surface area contributed by atoms with Crippen LogP contribution in [-0.2, 0) is 22.6 Å². The fourth-order valence-electron chi connectivity index (χ4n) is 3.47. The summed E-state index contributed by atoms with van der Waals surface area (Å²) < 4.78 is 12.6. The molecule has 1 aliphatic rings. The third-order valence-electron chi connectivity index (χ3n) is 5.09. The van der Waals surface area contributed by atoms with Gasteiger partial charge in [0.1, 0.15) is 12.4 Å². The molecule has 2 aromatic carbocycles. The number of nitrogens with one attached hydrogen (secondary N) is 2. The molecule has 0 fully saturated rings. The number of aromatic nitrogens is 2. The standard InChI is InChI=1S/C23H26N4O4/c1-15(2)23(29)24-11-5-8-21-26-17-6-3-4-7-18(17)27(21)13-22(28)25-16-9-10-19-20(12-16)31-14-30-19/h3-4,6-7,9-10,12,15H,5,8,11,13-14H2,1-2H3,(H,24,29)(H,25,28). The number of para-hydroxylation sites is 2. The van der Waals surface area contributed by atoms with Gasteiger partial charge in [-0.1, -0.05) is 26.0 Å². The van der Waals surface area contributed by atoms with Crippen molar-refractivity contribution in [2.24, 2.45) is 5.92 Å². The maximum absolute atomic E-state index is 12.8. The number of carbonyl (C=O) groups is 2. The highest BCUT2D eigenvalue weighted by Crippen LogP contribution is 2.34. The van der Waals surface area contributed by atoms with Crippen molar-refractivity contribution in [3.05, 3.63) is 48.3 Å². The summed E-state index contributed by atoms with van der Waals surface area (Å²) >= 11 is 0. The Morgan fingerprint density at radius 2 is 1.94 bits per heavy atom. The van der Waals surface area contributed by atoms with Crippen molar-refractivity contribution in [3.63, 3.8) is 0 Å². The summed E-state index contributed by atoms with van der Waals surface area (Å²) in [6.07, 6.45) is 1.40. The molecule has 0 bridgehead atoms. The van der Waals surface area contributed by atoms with Crippen molar-refractivity contribution in [1.29, 1.82) is 0 Å². The van der Waals surface area contributed by atoms with Crippen molar-refractivity contribution < 1.29 is 19.1 Å². The van der Waals surface area contributed by atoms with Gasteiger partial charge in [0.2, 0.25) is 18.6 Å². The molecule has 0 aliphatic carbocycles. The molecule has 8 heteroatoms. The highest BCUT2D eigenvalue weighted by atomic mass is 16.7. The Morgan fingerprint density at radius 1 is 1.13 bits per heavy atom. The average Bonchev–Trinajstić information content (AvgIpc) is 3.35. The molecule has 2 heterocycles. The van der Waals surface area contributed by atoms with Crippen LogP contribution in [-0.4, -0.2) is 34.7 Å². The van der Waals surface area contributed by atoms with Crippen LogP contribution in [0.5, 0.6) is 11.5 Å². The molecule has 0 saturated heterocycles. The Kier molecular flexibility index (Phi) is 6.06. The topological polar surface area (TPSA) is 94.5 Å². The molecule has 1 aliphatic heterocycles. The lowest BCUT2D eigenvalue weighted by Crippen LogP contribution is -2.29. The van der Waals surface area contributed by atoms with Crippen LogP contribution in [0.25, 0.3) is 11.0 Å². The Labute approximate surface area is 180 Å². The Bertz CT molecular complexity index is 1110. The summed E-state index contributed by atoms with van der Waals surface area (Å²) in [5.74, 6) is 1.96. The van der Waals surface area contributed by atoms with E-state index in [1.807, 2.05) is 42.7 Å². The van der Waals surface area contributed by atoms with E-state index >= 15 is 0 Å². The number of aryl methyl sites for hydroxylation is 1. The third-order valence-corrected chi connectivity index (χ3v) is 5.09. The van der Waals surface area contributed by atoms with Crippen molar-refractivity contribution >= 4 is 28.5 Å². The average molecular weight is 422 g/mol. The zero-order chi connectivity index (χ0) is 21.8. The number of nitrogens with zero attached hydrogens (tertiary/aromatic N) is 2. The summed E-state index contributed by atoms with van der Waals surface area (Å²) in [5.41, 5.74) is 2.40. The number of amides is 2. The molecule has 0 atom stereocenters. The van der Waals surface area contributed by atoms with Gasteiger partial charge in [0, 0.05) is 30.6 Å². The van der Waals surface area contributed by atoms with E-state index in [0.717, 1.165) is 23.3 Å². The maximum Gasteiger partial charge on any atom is 0.244 e. The van der Waals surface area contributed by atoms with E-state index in [1.54, 1.807) is 18.2 Å². The van der Waals surface area contributed by atoms with E-state index in [9.17, 15) is 9.59 Å². The maximum atomic E-state index is 12.8. The number of hydrogen-bond acceptors (Lipinski definition) is 5. The predicted molar refractivity (Wildman–Crippen MR) is 117 cm³/mol. The van der Waals surface area contributed by atoms with Gasteiger partial charge in [0.05, 0.1) is 11.0 Å². The molecular weight excluding hydrogens is 396 g/mol. The van der Waals surface area contributed by atoms with Gasteiger partial charge >= 0.3 is 0 Å². The highest BCUT2D eigenvalue weighted by molar-refractivity contribution is 5.92. The van der Waals surface area contributed by atoms with Gasteiger partial charge in [0.25, 0.3) is 0 Å². The second-order valence-corrected chi connectivity index (χ2v) is 7.77. The Hall–Kier alpha value is -3.55. The molecular formula is C23H26N4O4. The van der Waals surface area contributed by atoms with Gasteiger partial charge in [-0.2, -0.15) is 0 Å². The van der Waals surface area contributed by atoms with E-state index < -0.39 is 0 Å². The minimum absolute atomic E-state index is 0.0375. The number of carbonyl (C=O) groups excluding carboxylic acids is 2. The van der Waals surface area contributed by atoms with Crippen LogP contribution >= 0.6 is 0 Å². The molecule has 4 rings (SSSR count). The van der Waals surface area contributed by atoms with Gasteiger partial charge in [-0.05, 0) is 30.7 Å². The molecule has 0 unspecified atom stereocenters. The number of hydrogen-bond donors (Lipinski definition) is 2. The highest BCUT2D eigenvalue weighted by Gasteiger charge is 2.16. The SMILES string of the molecule is CC(C)C(=O)NCCCc1nc2ccccc2n1CC(=O)Nc1ccc2c(c1)OCO2. The fourth-order valence-corrected chi connectivity index (χ4v) is 3.47. The third kappa shape index (κ3) is 4.79. The summed E-state index contributed by atoms with van der Waals surface area (Å²) in [6, 6.07) is 13.1. The van der Waals surface area contributed by atoms with E-state index in [1.165, 1.54) is 0 Å². The minimum Gasteiger partial charge on any atom is -0.454 e. The normalized spacial score (nSPS) is 12.4. The van der Waals surface area contributed by atoms with E-state index in [-0.39, 0.29) is 31.1 Å². The molecule has 1 aromatic heterocycles. The van der Waals surface area contributed by atoms with Crippen LogP contribution in [0.2, 0.25) is 0 Å². The molecule has 2 amide bonds. The summed E-state index contributed by atoms with van der Waals surface area (Å²) in [6.45, 7) is 4.64. The number of ether oxygens (including phenoxy) is 2. The van der Waals surface area contributed by atoms with Crippen molar-refractivity contribution in [1.82, 2.24) is 14.9 Å². The second kappa shape index (κ2) is 9.07. The van der Waals surface area contributed by atoms with Gasteiger partial charge in [-0.3, -0.25) is 9.59 Å². The first kappa shape index (κ1) is 20.7. The first-order valence-corrected chi connectivity index (χ1v) is 10.4. The van der Waals surface area contributed by atoms with Gasteiger partial charge in [-0.25, -0.2) is 4.98 Å². The first-order chi connectivity index (χ1) is 15.0. The van der Waals surface area contributed by atoms with Gasteiger partial charge in [-0.15, -0.1) is 0 Å². The van der Waals surface area contributed by atoms with Crippen LogP contribution in [0.3, 0.4) is 0 Å². The van der Waals surface area contributed by atoms with E-state index in [0.29, 0.717) is 30.2 Å². The van der Waals surface area contributed by atoms with Crippen LogP contribution in [0.15, 0.2) is 42.5 Å². The van der Waals surface area contributed by atoms with Gasteiger partial charge < -0.3 is 24.7 Å². The minimum atomic E-state index is -0.156. The second-order valence-electron chi connectivity index (χ2n) is 7.77. The first-order valence-electron chi connectivity index (χ1n) is 10.4. The van der Waals surface area contributed by atoms with Crippen molar-refractivity contribution in [3.8, 4) is 11.5 Å². The smallest absolute Gasteiger partial charge is 0.244 e. The zero-order valence-electron chi connectivity index (χ0n) is 17.7. The lowest BCUT2D eigenvalue weighted by atomic mass is 10.2. The number of fused-ring (bicyclic) bond motifs is 2. The predicted octanol–water partition coefficient (Wildman–Crippen LogP) is 3.11. The number of rotatable bonds is 8. The van der Waals surface area contributed by atoms with Crippen LogP contribution in [0.1, 0.15) is 26.1 Å². The fraction of sp³-hybridized carbons (Fsp3) is 0.348. The van der Waals surface area contributed by atoms with Crippen molar-refractivity contribution in [2.75, 3.05) is 18.7 Å². The molecule has 0 saturated carbocycles. The summed E-state index contributed by atoms with van der Waals surface area (Å²) in [7, 11) is 0. The summed E-state index contributed by atoms with van der Waals surface area (Å²) in [4.78, 5) is 29.2. The molecule has 3 aromatic rings. The molecule has 31 heavy (non-hydrogen) atoms. The number of benzene rings is 2. The lowest BCUT2D eigenvalue weighted by Gasteiger charge is -2.11. The largest absolute Gasteiger partial charge is 0.454 e. The van der Waals surface area contributed by atoms with Gasteiger partial charge in [0.15, 0.2) is 11.5 Å². The number of imidazole rings is 1.